The second kappa shape index (κ2) is 7.87. The number of nitrogens with one attached hydrogen (secondary N) is 1. The van der Waals surface area contributed by atoms with Gasteiger partial charge in [-0.1, -0.05) is 23.7 Å². The Kier molecular flexibility index (Phi) is 6.35. The zero-order chi connectivity index (χ0) is 15.6. The van der Waals surface area contributed by atoms with E-state index < -0.39 is 0 Å². The van der Waals surface area contributed by atoms with Crippen LogP contribution in [-0.2, 0) is 10.2 Å². The Morgan fingerprint density at radius 2 is 2.04 bits per heavy atom. The Balaban J connectivity index is 0.00000192. The van der Waals surface area contributed by atoms with Crippen molar-refractivity contribution in [3.63, 3.8) is 0 Å². The van der Waals surface area contributed by atoms with Gasteiger partial charge >= 0.3 is 0 Å². The zero-order valence-electron chi connectivity index (χ0n) is 13.7. The van der Waals surface area contributed by atoms with Gasteiger partial charge in [-0.2, -0.15) is 0 Å². The number of amides is 1. The molecule has 0 bridgehead atoms. The van der Waals surface area contributed by atoms with E-state index in [1.165, 1.54) is 6.42 Å². The molecule has 0 unspecified atom stereocenters. The molecule has 1 saturated heterocycles. The van der Waals surface area contributed by atoms with Crippen LogP contribution >= 0.6 is 24.0 Å². The minimum Gasteiger partial charge on any atom is -0.342 e. The summed E-state index contributed by atoms with van der Waals surface area (Å²) in [5.74, 6) is 1.08. The first-order chi connectivity index (χ1) is 10.7. The fraction of sp³-hybridized carbons (Fsp3) is 0.611. The lowest BCUT2D eigenvalue weighted by Crippen LogP contribution is -2.44. The van der Waals surface area contributed by atoms with E-state index >= 15 is 0 Å². The van der Waals surface area contributed by atoms with Gasteiger partial charge < -0.3 is 10.2 Å². The zero-order valence-corrected chi connectivity index (χ0v) is 15.3. The predicted molar refractivity (Wildman–Crippen MR) is 97.5 cm³/mol. The van der Waals surface area contributed by atoms with Crippen LogP contribution in [-0.4, -0.2) is 37.5 Å². The Labute approximate surface area is 150 Å². The van der Waals surface area contributed by atoms with Crippen LogP contribution < -0.4 is 5.32 Å². The second-order valence-corrected chi connectivity index (χ2v) is 7.16. The number of nitrogens with zero attached hydrogens (tertiary/aromatic N) is 1. The molecule has 0 radical (unpaired) electrons. The monoisotopic (exact) mass is 356 g/mol. The molecule has 1 aliphatic carbocycles. The molecular formula is C18H26Cl2N2O. The van der Waals surface area contributed by atoms with Gasteiger partial charge in [0.1, 0.15) is 0 Å². The Morgan fingerprint density at radius 3 is 2.61 bits per heavy atom. The maximum atomic E-state index is 13.0. The summed E-state index contributed by atoms with van der Waals surface area (Å²) in [4.78, 5) is 15.1. The maximum absolute atomic E-state index is 13.0. The van der Waals surface area contributed by atoms with Crippen LogP contribution in [0.3, 0.4) is 0 Å². The number of rotatable bonds is 5. The number of hydrogen-bond acceptors (Lipinski definition) is 2. The molecule has 0 spiro atoms. The molecule has 0 atom stereocenters. The van der Waals surface area contributed by atoms with Crippen LogP contribution in [0.1, 0.15) is 37.7 Å². The van der Waals surface area contributed by atoms with Gasteiger partial charge in [0.15, 0.2) is 0 Å². The first-order valence-electron chi connectivity index (χ1n) is 8.36. The normalized spacial score (nSPS) is 20.0. The molecule has 1 aromatic rings. The van der Waals surface area contributed by atoms with Crippen LogP contribution in [0.4, 0.5) is 0 Å². The van der Waals surface area contributed by atoms with E-state index in [2.05, 4.69) is 16.3 Å². The highest BCUT2D eigenvalue weighted by atomic mass is 35.5. The van der Waals surface area contributed by atoms with E-state index in [-0.39, 0.29) is 17.8 Å². The third kappa shape index (κ3) is 4.01. The van der Waals surface area contributed by atoms with Gasteiger partial charge in [0.2, 0.25) is 5.91 Å². The van der Waals surface area contributed by atoms with E-state index in [0.29, 0.717) is 5.91 Å². The quantitative estimate of drug-likeness (QED) is 0.873. The van der Waals surface area contributed by atoms with Gasteiger partial charge in [0.05, 0.1) is 5.41 Å². The van der Waals surface area contributed by atoms with Gasteiger partial charge in [0, 0.05) is 18.1 Å². The summed E-state index contributed by atoms with van der Waals surface area (Å²) in [6.45, 7) is 2.90. The third-order valence-corrected chi connectivity index (χ3v) is 5.48. The highest BCUT2D eigenvalue weighted by molar-refractivity contribution is 6.30. The van der Waals surface area contributed by atoms with Crippen molar-refractivity contribution in [1.82, 2.24) is 10.2 Å². The Hall–Kier alpha value is -0.770. The van der Waals surface area contributed by atoms with Gasteiger partial charge in [-0.05, 0) is 69.3 Å². The Morgan fingerprint density at radius 1 is 1.35 bits per heavy atom. The number of carbonyl (C=O) groups excluding carboxylic acids is 1. The molecule has 2 fully saturated rings. The topological polar surface area (TPSA) is 32.3 Å². The first kappa shape index (κ1) is 18.6. The Bertz CT molecular complexity index is 538. The van der Waals surface area contributed by atoms with E-state index in [4.69, 9.17) is 11.6 Å². The van der Waals surface area contributed by atoms with Crippen LogP contribution in [0.5, 0.6) is 0 Å². The molecule has 1 aliphatic heterocycles. The lowest BCUT2D eigenvalue weighted by atomic mass is 9.90. The van der Waals surface area contributed by atoms with Gasteiger partial charge in [-0.15, -0.1) is 12.4 Å². The average molecular weight is 357 g/mol. The maximum Gasteiger partial charge on any atom is 0.233 e. The van der Waals surface area contributed by atoms with E-state index in [1.54, 1.807) is 0 Å². The molecule has 1 saturated carbocycles. The predicted octanol–water partition coefficient (Wildman–Crippen LogP) is 3.64. The molecule has 3 rings (SSSR count). The van der Waals surface area contributed by atoms with Crippen molar-refractivity contribution >= 4 is 29.9 Å². The SMILES string of the molecule is CNCCC1CCN(C(=O)C2(c3cccc(Cl)c3)CC2)CC1.Cl. The molecule has 0 aromatic heterocycles. The molecule has 1 amide bonds. The minimum absolute atomic E-state index is 0. The van der Waals surface area contributed by atoms with Crippen molar-refractivity contribution in [1.29, 1.82) is 0 Å². The number of piperidine rings is 1. The van der Waals surface area contributed by atoms with Crippen molar-refractivity contribution in [3.8, 4) is 0 Å². The van der Waals surface area contributed by atoms with Gasteiger partial charge in [-0.25, -0.2) is 0 Å². The number of hydrogen-bond donors (Lipinski definition) is 1. The summed E-state index contributed by atoms with van der Waals surface area (Å²) in [7, 11) is 2.00. The summed E-state index contributed by atoms with van der Waals surface area (Å²) >= 11 is 6.11. The number of halogens is 2. The lowest BCUT2D eigenvalue weighted by Gasteiger charge is -2.34. The van der Waals surface area contributed by atoms with Crippen LogP contribution in [0.2, 0.25) is 5.02 Å². The standard InChI is InChI=1S/C18H25ClN2O.ClH/c1-20-10-5-14-6-11-21(12-7-14)17(22)18(8-9-18)15-3-2-4-16(19)13-15;/h2-4,13-14,20H,5-12H2,1H3;1H. The van der Waals surface area contributed by atoms with Crippen molar-refractivity contribution in [2.45, 2.75) is 37.5 Å². The molecule has 1 N–H and O–H groups in total. The largest absolute Gasteiger partial charge is 0.342 e. The summed E-state index contributed by atoms with van der Waals surface area (Å²) < 4.78 is 0. The highest BCUT2D eigenvalue weighted by Crippen LogP contribution is 2.50. The summed E-state index contributed by atoms with van der Waals surface area (Å²) in [6, 6.07) is 7.84. The van der Waals surface area contributed by atoms with Gasteiger partial charge in [-0.3, -0.25) is 4.79 Å². The van der Waals surface area contributed by atoms with Crippen LogP contribution in [0.25, 0.3) is 0 Å². The fourth-order valence-corrected chi connectivity index (χ4v) is 3.80. The molecule has 2 aliphatic rings. The third-order valence-electron chi connectivity index (χ3n) is 5.24. The molecule has 3 nitrogen and oxygen atoms in total. The van der Waals surface area contributed by atoms with Crippen molar-refractivity contribution in [2.75, 3.05) is 26.7 Å². The molecule has 1 heterocycles. The minimum atomic E-state index is -0.275. The van der Waals surface area contributed by atoms with Crippen LogP contribution in [0, 0.1) is 5.92 Å². The number of carbonyl (C=O) groups is 1. The van der Waals surface area contributed by atoms with Crippen molar-refractivity contribution in [3.05, 3.63) is 34.9 Å². The first-order valence-corrected chi connectivity index (χ1v) is 8.73. The van der Waals surface area contributed by atoms with E-state index in [9.17, 15) is 4.79 Å². The summed E-state index contributed by atoms with van der Waals surface area (Å²) in [5, 5.41) is 3.94. The van der Waals surface area contributed by atoms with Gasteiger partial charge in [0.25, 0.3) is 0 Å². The smallest absolute Gasteiger partial charge is 0.233 e. The van der Waals surface area contributed by atoms with E-state index in [1.807, 2.05) is 25.2 Å². The number of likely N-dealkylation sites (tertiary alicyclic amines) is 1. The number of benzene rings is 1. The van der Waals surface area contributed by atoms with Crippen LogP contribution in [0.15, 0.2) is 24.3 Å². The summed E-state index contributed by atoms with van der Waals surface area (Å²) in [5.41, 5.74) is 0.824. The average Bonchev–Trinajstić information content (AvgIpc) is 3.34. The molecule has 128 valence electrons. The van der Waals surface area contributed by atoms with E-state index in [0.717, 1.165) is 61.8 Å². The molecule has 23 heavy (non-hydrogen) atoms. The molecular weight excluding hydrogens is 331 g/mol. The second-order valence-electron chi connectivity index (χ2n) is 6.72. The summed E-state index contributed by atoms with van der Waals surface area (Å²) in [6.07, 6.45) is 5.42. The highest BCUT2D eigenvalue weighted by Gasteiger charge is 2.53. The molecule has 5 heteroatoms. The van der Waals surface area contributed by atoms with Crippen molar-refractivity contribution < 1.29 is 4.79 Å². The molecule has 1 aromatic carbocycles. The van der Waals surface area contributed by atoms with Crippen molar-refractivity contribution in [2.24, 2.45) is 5.92 Å². The lowest BCUT2D eigenvalue weighted by molar-refractivity contribution is -0.135. The fourth-order valence-electron chi connectivity index (χ4n) is 3.61.